The SMILES string of the molecule is CCCCOC(=O)c1ccccc1C(=O)CC(CC)CCCC. The quantitative estimate of drug-likeness (QED) is 0.310. The van der Waals surface area contributed by atoms with E-state index in [1.165, 1.54) is 0 Å². The van der Waals surface area contributed by atoms with Crippen LogP contribution < -0.4 is 0 Å². The predicted octanol–water partition coefficient (Wildman–Crippen LogP) is 5.43. The van der Waals surface area contributed by atoms with Crippen molar-refractivity contribution in [3.05, 3.63) is 35.4 Å². The van der Waals surface area contributed by atoms with Crippen molar-refractivity contribution in [2.75, 3.05) is 6.61 Å². The summed E-state index contributed by atoms with van der Waals surface area (Å²) in [4.78, 5) is 24.8. The monoisotopic (exact) mass is 318 g/mol. The van der Waals surface area contributed by atoms with Gasteiger partial charge in [-0.1, -0.05) is 71.1 Å². The first-order chi connectivity index (χ1) is 11.1. The van der Waals surface area contributed by atoms with Gasteiger partial charge in [0, 0.05) is 12.0 Å². The van der Waals surface area contributed by atoms with Crippen molar-refractivity contribution in [3.8, 4) is 0 Å². The third-order valence-electron chi connectivity index (χ3n) is 4.20. The average Bonchev–Trinajstić information content (AvgIpc) is 2.58. The Morgan fingerprint density at radius 1 is 1.00 bits per heavy atom. The van der Waals surface area contributed by atoms with Crippen LogP contribution in [0, 0.1) is 5.92 Å². The summed E-state index contributed by atoms with van der Waals surface area (Å²) < 4.78 is 5.26. The van der Waals surface area contributed by atoms with E-state index in [4.69, 9.17) is 4.74 Å². The van der Waals surface area contributed by atoms with Gasteiger partial charge in [0.1, 0.15) is 0 Å². The summed E-state index contributed by atoms with van der Waals surface area (Å²) in [6, 6.07) is 7.02. The third kappa shape index (κ3) is 6.55. The molecule has 0 bridgehead atoms. The molecule has 0 amide bonds. The Morgan fingerprint density at radius 3 is 2.26 bits per heavy atom. The number of hydrogen-bond donors (Lipinski definition) is 0. The highest BCUT2D eigenvalue weighted by Gasteiger charge is 2.20. The van der Waals surface area contributed by atoms with Gasteiger partial charge in [-0.05, 0) is 18.4 Å². The summed E-state index contributed by atoms with van der Waals surface area (Å²) in [5.41, 5.74) is 0.905. The number of rotatable bonds is 11. The molecule has 0 radical (unpaired) electrons. The third-order valence-corrected chi connectivity index (χ3v) is 4.20. The maximum Gasteiger partial charge on any atom is 0.338 e. The van der Waals surface area contributed by atoms with Gasteiger partial charge >= 0.3 is 5.97 Å². The molecule has 0 aromatic heterocycles. The largest absolute Gasteiger partial charge is 0.462 e. The van der Waals surface area contributed by atoms with E-state index in [-0.39, 0.29) is 11.8 Å². The van der Waals surface area contributed by atoms with Gasteiger partial charge in [0.2, 0.25) is 0 Å². The minimum atomic E-state index is -0.385. The average molecular weight is 318 g/mol. The van der Waals surface area contributed by atoms with Crippen LogP contribution >= 0.6 is 0 Å². The lowest BCUT2D eigenvalue weighted by molar-refractivity contribution is 0.0496. The Morgan fingerprint density at radius 2 is 1.65 bits per heavy atom. The molecule has 0 saturated carbocycles. The number of carbonyl (C=O) groups is 2. The molecule has 1 atom stereocenters. The van der Waals surface area contributed by atoms with Crippen molar-refractivity contribution in [2.45, 2.75) is 65.7 Å². The number of esters is 1. The molecule has 3 nitrogen and oxygen atoms in total. The molecule has 0 saturated heterocycles. The Balaban J connectivity index is 2.78. The molecule has 1 rings (SSSR count). The lowest BCUT2D eigenvalue weighted by Gasteiger charge is -2.15. The van der Waals surface area contributed by atoms with Crippen LogP contribution in [0.5, 0.6) is 0 Å². The van der Waals surface area contributed by atoms with Crippen molar-refractivity contribution >= 4 is 11.8 Å². The Bertz CT molecular complexity index is 493. The van der Waals surface area contributed by atoms with E-state index in [0.717, 1.165) is 38.5 Å². The van der Waals surface area contributed by atoms with Crippen LogP contribution in [0.15, 0.2) is 24.3 Å². The van der Waals surface area contributed by atoms with Crippen molar-refractivity contribution in [1.29, 1.82) is 0 Å². The summed E-state index contributed by atoms with van der Waals surface area (Å²) in [6.07, 6.45) is 6.68. The molecule has 0 spiro atoms. The number of benzene rings is 1. The molecule has 23 heavy (non-hydrogen) atoms. The van der Waals surface area contributed by atoms with Crippen LogP contribution in [0.25, 0.3) is 0 Å². The van der Waals surface area contributed by atoms with Crippen LogP contribution in [0.1, 0.15) is 86.4 Å². The smallest absolute Gasteiger partial charge is 0.338 e. The van der Waals surface area contributed by atoms with Crippen LogP contribution in [0.3, 0.4) is 0 Å². The normalized spacial score (nSPS) is 12.0. The summed E-state index contributed by atoms with van der Waals surface area (Å²) in [7, 11) is 0. The zero-order valence-corrected chi connectivity index (χ0v) is 14.8. The molecule has 0 aliphatic heterocycles. The Kier molecular flexibility index (Phi) is 9.27. The van der Waals surface area contributed by atoms with E-state index in [0.29, 0.717) is 30.1 Å². The molecule has 0 fully saturated rings. The fourth-order valence-electron chi connectivity index (χ4n) is 2.61. The van der Waals surface area contributed by atoms with Gasteiger partial charge in [0.15, 0.2) is 5.78 Å². The van der Waals surface area contributed by atoms with Gasteiger partial charge in [0.05, 0.1) is 12.2 Å². The van der Waals surface area contributed by atoms with Gasteiger partial charge in [0.25, 0.3) is 0 Å². The van der Waals surface area contributed by atoms with E-state index >= 15 is 0 Å². The molecule has 128 valence electrons. The minimum Gasteiger partial charge on any atom is -0.462 e. The number of unbranched alkanes of at least 4 members (excludes halogenated alkanes) is 2. The van der Waals surface area contributed by atoms with Crippen LogP contribution in [-0.2, 0) is 4.74 Å². The molecule has 3 heteroatoms. The number of Topliss-reactive ketones (excluding diaryl/α,β-unsaturated/α-hetero) is 1. The maximum atomic E-state index is 12.6. The lowest BCUT2D eigenvalue weighted by Crippen LogP contribution is -2.15. The molecular weight excluding hydrogens is 288 g/mol. The Labute approximate surface area is 140 Å². The van der Waals surface area contributed by atoms with E-state index in [2.05, 4.69) is 13.8 Å². The summed E-state index contributed by atoms with van der Waals surface area (Å²) in [6.45, 7) is 6.74. The van der Waals surface area contributed by atoms with Crippen molar-refractivity contribution in [3.63, 3.8) is 0 Å². The van der Waals surface area contributed by atoms with Gasteiger partial charge in [-0.3, -0.25) is 4.79 Å². The first-order valence-electron chi connectivity index (χ1n) is 8.93. The highest BCUT2D eigenvalue weighted by atomic mass is 16.5. The number of carbonyl (C=O) groups excluding carboxylic acids is 2. The molecule has 0 aliphatic carbocycles. The zero-order valence-electron chi connectivity index (χ0n) is 14.8. The van der Waals surface area contributed by atoms with Crippen LogP contribution in [0.2, 0.25) is 0 Å². The molecule has 1 aromatic rings. The predicted molar refractivity (Wildman–Crippen MR) is 93.9 cm³/mol. The molecule has 0 heterocycles. The molecule has 1 unspecified atom stereocenters. The van der Waals surface area contributed by atoms with Crippen molar-refractivity contribution in [1.82, 2.24) is 0 Å². The first-order valence-corrected chi connectivity index (χ1v) is 8.93. The van der Waals surface area contributed by atoms with Crippen LogP contribution in [-0.4, -0.2) is 18.4 Å². The van der Waals surface area contributed by atoms with Crippen molar-refractivity contribution in [2.24, 2.45) is 5.92 Å². The van der Waals surface area contributed by atoms with Crippen LogP contribution in [0.4, 0.5) is 0 Å². The summed E-state index contributed by atoms with van der Waals surface area (Å²) in [5, 5.41) is 0. The molecular formula is C20H30O3. The van der Waals surface area contributed by atoms with Crippen molar-refractivity contribution < 1.29 is 14.3 Å². The second-order valence-electron chi connectivity index (χ2n) is 6.08. The van der Waals surface area contributed by atoms with E-state index < -0.39 is 0 Å². The highest BCUT2D eigenvalue weighted by molar-refractivity contribution is 6.06. The zero-order chi connectivity index (χ0) is 17.1. The Hall–Kier alpha value is -1.64. The second kappa shape index (κ2) is 11.0. The summed E-state index contributed by atoms with van der Waals surface area (Å²) in [5.74, 6) is 0.0617. The number of hydrogen-bond acceptors (Lipinski definition) is 3. The highest BCUT2D eigenvalue weighted by Crippen LogP contribution is 2.21. The van der Waals surface area contributed by atoms with Gasteiger partial charge in [-0.15, -0.1) is 0 Å². The molecule has 0 N–H and O–H groups in total. The number of ketones is 1. The van der Waals surface area contributed by atoms with Gasteiger partial charge in [-0.25, -0.2) is 4.79 Å². The molecule has 0 aliphatic rings. The fourth-order valence-corrected chi connectivity index (χ4v) is 2.61. The van der Waals surface area contributed by atoms with E-state index in [1.807, 2.05) is 13.0 Å². The number of ether oxygens (including phenoxy) is 1. The minimum absolute atomic E-state index is 0.0518. The van der Waals surface area contributed by atoms with Gasteiger partial charge in [-0.2, -0.15) is 0 Å². The maximum absolute atomic E-state index is 12.6. The summed E-state index contributed by atoms with van der Waals surface area (Å²) >= 11 is 0. The standard InChI is InChI=1S/C20H30O3/c1-4-7-11-16(6-3)15-19(21)17-12-9-10-13-18(17)20(22)23-14-8-5-2/h9-10,12-13,16H,4-8,11,14-15H2,1-3H3. The molecule has 1 aromatic carbocycles. The second-order valence-corrected chi connectivity index (χ2v) is 6.08. The van der Waals surface area contributed by atoms with E-state index in [1.54, 1.807) is 18.2 Å². The first kappa shape index (κ1) is 19.4. The fraction of sp³-hybridized carbons (Fsp3) is 0.600. The van der Waals surface area contributed by atoms with E-state index in [9.17, 15) is 9.59 Å². The lowest BCUT2D eigenvalue weighted by atomic mass is 9.90. The topological polar surface area (TPSA) is 43.4 Å². The van der Waals surface area contributed by atoms with Gasteiger partial charge < -0.3 is 4.74 Å².